The van der Waals surface area contributed by atoms with E-state index in [-0.39, 0.29) is 24.3 Å². The lowest BCUT2D eigenvalue weighted by atomic mass is 10.2. The predicted molar refractivity (Wildman–Crippen MR) is 89.1 cm³/mol. The van der Waals surface area contributed by atoms with E-state index < -0.39 is 24.2 Å². The van der Waals surface area contributed by atoms with E-state index in [4.69, 9.17) is 10.00 Å². The van der Waals surface area contributed by atoms with Gasteiger partial charge in [-0.25, -0.2) is 4.79 Å². The third-order valence-corrected chi connectivity index (χ3v) is 3.34. The van der Waals surface area contributed by atoms with E-state index in [0.29, 0.717) is 5.69 Å². The highest BCUT2D eigenvalue weighted by atomic mass is 16.5. The Morgan fingerprint density at radius 1 is 1.12 bits per heavy atom. The molecule has 1 amide bonds. The van der Waals surface area contributed by atoms with Gasteiger partial charge in [0.1, 0.15) is 17.1 Å². The van der Waals surface area contributed by atoms with E-state index in [1.165, 1.54) is 17.0 Å². The molecule has 0 fully saturated rings. The van der Waals surface area contributed by atoms with Gasteiger partial charge in [-0.2, -0.15) is 5.26 Å². The first-order valence-electron chi connectivity index (χ1n) is 7.44. The van der Waals surface area contributed by atoms with Gasteiger partial charge in [-0.1, -0.05) is 18.2 Å². The van der Waals surface area contributed by atoms with Crippen molar-refractivity contribution in [2.45, 2.75) is 6.42 Å². The molecule has 0 saturated heterocycles. The highest BCUT2D eigenvalue weighted by Crippen LogP contribution is 2.23. The summed E-state index contributed by atoms with van der Waals surface area (Å²) in [4.78, 5) is 25.7. The van der Waals surface area contributed by atoms with E-state index >= 15 is 0 Å². The number of hydrogen-bond acceptors (Lipinski definition) is 6. The number of ether oxygens (including phenoxy) is 1. The molecule has 25 heavy (non-hydrogen) atoms. The van der Waals surface area contributed by atoms with Crippen LogP contribution in [0.3, 0.4) is 0 Å². The third kappa shape index (κ3) is 4.72. The van der Waals surface area contributed by atoms with Gasteiger partial charge in [0, 0.05) is 18.3 Å². The molecule has 0 aliphatic heterocycles. The molecule has 0 unspecified atom stereocenters. The van der Waals surface area contributed by atoms with E-state index in [2.05, 4.69) is 0 Å². The predicted octanol–water partition coefficient (Wildman–Crippen LogP) is 2.20. The van der Waals surface area contributed by atoms with Crippen LogP contribution in [-0.2, 0) is 9.53 Å². The van der Waals surface area contributed by atoms with Gasteiger partial charge in [0.15, 0.2) is 6.61 Å². The number of anilines is 1. The van der Waals surface area contributed by atoms with Crippen LogP contribution in [0.15, 0.2) is 48.5 Å². The molecule has 7 heteroatoms. The summed E-state index contributed by atoms with van der Waals surface area (Å²) in [6.07, 6.45) is 0.132. The van der Waals surface area contributed by atoms with Gasteiger partial charge in [-0.05, 0) is 24.3 Å². The minimum Gasteiger partial charge on any atom is -0.508 e. The Balaban J connectivity index is 2.05. The van der Waals surface area contributed by atoms with Crippen LogP contribution >= 0.6 is 0 Å². The Labute approximate surface area is 144 Å². The summed E-state index contributed by atoms with van der Waals surface area (Å²) >= 11 is 0. The topological polar surface area (TPSA) is 111 Å². The lowest BCUT2D eigenvalue weighted by Crippen LogP contribution is -2.35. The maximum atomic E-state index is 12.4. The average molecular weight is 340 g/mol. The zero-order chi connectivity index (χ0) is 18.2. The molecule has 2 N–H and O–H groups in total. The van der Waals surface area contributed by atoms with Crippen LogP contribution in [0, 0.1) is 11.3 Å². The molecule has 128 valence electrons. The number of benzene rings is 2. The SMILES string of the molecule is N#CCCN(C(=O)COC(=O)c1ccc(O)cc1O)c1ccccc1. The number of nitrogens with zero attached hydrogens (tertiary/aromatic N) is 2. The van der Waals surface area contributed by atoms with Crippen molar-refractivity contribution in [3.05, 3.63) is 54.1 Å². The van der Waals surface area contributed by atoms with Gasteiger partial charge < -0.3 is 19.8 Å². The summed E-state index contributed by atoms with van der Waals surface area (Å²) in [5, 5.41) is 27.6. The Bertz CT molecular complexity index is 799. The smallest absolute Gasteiger partial charge is 0.342 e. The molecular weight excluding hydrogens is 324 g/mol. The fourth-order valence-electron chi connectivity index (χ4n) is 2.14. The highest BCUT2D eigenvalue weighted by molar-refractivity contribution is 5.98. The Morgan fingerprint density at radius 3 is 2.48 bits per heavy atom. The van der Waals surface area contributed by atoms with Crippen LogP contribution < -0.4 is 4.90 Å². The summed E-state index contributed by atoms with van der Waals surface area (Å²) in [7, 11) is 0. The number of aromatic hydroxyl groups is 2. The Hall–Kier alpha value is -3.53. The summed E-state index contributed by atoms with van der Waals surface area (Å²) in [6, 6.07) is 14.1. The van der Waals surface area contributed by atoms with Crippen LogP contribution in [0.25, 0.3) is 0 Å². The van der Waals surface area contributed by atoms with Gasteiger partial charge in [0.25, 0.3) is 5.91 Å². The minimum absolute atomic E-state index is 0.132. The first-order chi connectivity index (χ1) is 12.0. The van der Waals surface area contributed by atoms with Crippen molar-refractivity contribution in [3.8, 4) is 17.6 Å². The van der Waals surface area contributed by atoms with Gasteiger partial charge in [0.05, 0.1) is 12.5 Å². The number of amides is 1. The molecular formula is C18H16N2O5. The van der Waals surface area contributed by atoms with Gasteiger partial charge in [-0.15, -0.1) is 0 Å². The lowest BCUT2D eigenvalue weighted by molar-refractivity contribution is -0.121. The number of nitriles is 1. The number of carbonyl (C=O) groups excluding carboxylic acids is 2. The van der Waals surface area contributed by atoms with Crippen molar-refractivity contribution in [2.75, 3.05) is 18.1 Å². The van der Waals surface area contributed by atoms with Crippen LogP contribution in [0.5, 0.6) is 11.5 Å². The maximum absolute atomic E-state index is 12.4. The average Bonchev–Trinajstić information content (AvgIpc) is 2.61. The lowest BCUT2D eigenvalue weighted by Gasteiger charge is -2.21. The van der Waals surface area contributed by atoms with Gasteiger partial charge >= 0.3 is 5.97 Å². The first-order valence-corrected chi connectivity index (χ1v) is 7.44. The number of phenolic OH excluding ortho intramolecular Hbond substituents is 2. The van der Waals surface area contributed by atoms with Crippen molar-refractivity contribution >= 4 is 17.6 Å². The second kappa shape index (κ2) is 8.36. The molecule has 2 aromatic carbocycles. The second-order valence-electron chi connectivity index (χ2n) is 5.07. The Morgan fingerprint density at radius 2 is 1.84 bits per heavy atom. The monoisotopic (exact) mass is 340 g/mol. The summed E-state index contributed by atoms with van der Waals surface area (Å²) in [5.74, 6) is -2.02. The number of phenols is 2. The van der Waals surface area contributed by atoms with Crippen LogP contribution in [0.1, 0.15) is 16.8 Å². The van der Waals surface area contributed by atoms with Crippen molar-refractivity contribution in [1.29, 1.82) is 5.26 Å². The normalized spacial score (nSPS) is 9.88. The molecule has 0 atom stereocenters. The fourth-order valence-corrected chi connectivity index (χ4v) is 2.14. The number of esters is 1. The van der Waals surface area contributed by atoms with Crippen molar-refractivity contribution in [2.24, 2.45) is 0 Å². The highest BCUT2D eigenvalue weighted by Gasteiger charge is 2.19. The maximum Gasteiger partial charge on any atom is 0.342 e. The molecule has 0 bridgehead atoms. The summed E-state index contributed by atoms with van der Waals surface area (Å²) in [5.41, 5.74) is 0.431. The van der Waals surface area contributed by atoms with E-state index in [1.54, 1.807) is 30.3 Å². The van der Waals surface area contributed by atoms with Crippen molar-refractivity contribution in [3.63, 3.8) is 0 Å². The molecule has 0 saturated carbocycles. The number of carbonyl (C=O) groups is 2. The quantitative estimate of drug-likeness (QED) is 0.780. The zero-order valence-electron chi connectivity index (χ0n) is 13.3. The molecule has 7 nitrogen and oxygen atoms in total. The molecule has 0 aliphatic rings. The molecule has 0 aliphatic carbocycles. The zero-order valence-corrected chi connectivity index (χ0v) is 13.3. The first kappa shape index (κ1) is 17.8. The standard InChI is InChI=1S/C18H16N2O5/c19-9-4-10-20(13-5-2-1-3-6-13)17(23)12-25-18(24)15-8-7-14(21)11-16(15)22/h1-3,5-8,11,21-22H,4,10,12H2. The molecule has 0 radical (unpaired) electrons. The van der Waals surface area contributed by atoms with E-state index in [1.807, 2.05) is 6.07 Å². The third-order valence-electron chi connectivity index (χ3n) is 3.34. The van der Waals surface area contributed by atoms with Crippen molar-refractivity contribution < 1.29 is 24.5 Å². The van der Waals surface area contributed by atoms with Gasteiger partial charge in [0.2, 0.25) is 0 Å². The van der Waals surface area contributed by atoms with Crippen LogP contribution in [-0.4, -0.2) is 35.2 Å². The molecule has 0 heterocycles. The molecule has 2 aromatic rings. The number of hydrogen-bond donors (Lipinski definition) is 2. The molecule has 0 spiro atoms. The largest absolute Gasteiger partial charge is 0.508 e. The van der Waals surface area contributed by atoms with Crippen molar-refractivity contribution in [1.82, 2.24) is 0 Å². The summed E-state index contributed by atoms with van der Waals surface area (Å²) < 4.78 is 4.94. The fraction of sp³-hybridized carbons (Fsp3) is 0.167. The second-order valence-corrected chi connectivity index (χ2v) is 5.07. The molecule has 2 rings (SSSR count). The van der Waals surface area contributed by atoms with Crippen LogP contribution in [0.2, 0.25) is 0 Å². The van der Waals surface area contributed by atoms with Crippen LogP contribution in [0.4, 0.5) is 5.69 Å². The van der Waals surface area contributed by atoms with E-state index in [0.717, 1.165) is 6.07 Å². The molecule has 0 aromatic heterocycles. The number of rotatable bonds is 6. The Kier molecular flexibility index (Phi) is 5.96. The number of para-hydroxylation sites is 1. The van der Waals surface area contributed by atoms with Gasteiger partial charge in [-0.3, -0.25) is 4.79 Å². The minimum atomic E-state index is -0.890. The van der Waals surface area contributed by atoms with E-state index in [9.17, 15) is 19.8 Å². The summed E-state index contributed by atoms with van der Waals surface area (Å²) in [6.45, 7) is -0.374.